The Morgan fingerprint density at radius 2 is 1.97 bits per heavy atom. The number of rotatable bonds is 7. The van der Waals surface area contributed by atoms with E-state index in [9.17, 15) is 4.79 Å². The Balaban J connectivity index is 1.53. The van der Waals surface area contributed by atoms with Gasteiger partial charge in [-0.25, -0.2) is 0 Å². The molecule has 0 saturated carbocycles. The smallest absolute Gasteiger partial charge is 0.260 e. The van der Waals surface area contributed by atoms with Crippen molar-refractivity contribution in [3.63, 3.8) is 0 Å². The first-order valence-corrected chi connectivity index (χ1v) is 10.7. The monoisotopic (exact) mass is 456 g/mol. The minimum Gasteiger partial charge on any atom is -0.493 e. The van der Waals surface area contributed by atoms with Crippen LogP contribution in [-0.4, -0.2) is 62.2 Å². The summed E-state index contributed by atoms with van der Waals surface area (Å²) >= 11 is 5.30. The minimum atomic E-state index is -0.0741. The molecule has 1 fully saturated rings. The fraction of sp³-hybridized carbons (Fsp3) is 0.348. The summed E-state index contributed by atoms with van der Waals surface area (Å²) in [6, 6.07) is 11.4. The van der Waals surface area contributed by atoms with Gasteiger partial charge in [0.15, 0.2) is 23.2 Å². The molecule has 0 aromatic heterocycles. The summed E-state index contributed by atoms with van der Waals surface area (Å²) in [6.07, 6.45) is 1.63. The van der Waals surface area contributed by atoms with Gasteiger partial charge in [0.25, 0.3) is 5.91 Å². The number of carbonyl (C=O) groups excluding carboxylic acids is 1. The van der Waals surface area contributed by atoms with Crippen molar-refractivity contribution < 1.29 is 19.0 Å². The van der Waals surface area contributed by atoms with Crippen LogP contribution in [0.25, 0.3) is 0 Å². The van der Waals surface area contributed by atoms with Crippen molar-refractivity contribution in [1.82, 2.24) is 10.3 Å². The number of hydrazone groups is 1. The summed E-state index contributed by atoms with van der Waals surface area (Å²) in [6.45, 7) is 6.30. The molecule has 1 amide bonds. The number of hydrogen-bond donors (Lipinski definition) is 2. The zero-order valence-electron chi connectivity index (χ0n) is 18.5. The quantitative estimate of drug-likeness (QED) is 0.377. The van der Waals surface area contributed by atoms with Crippen LogP contribution in [0.15, 0.2) is 41.5 Å². The molecule has 8 nitrogen and oxygen atoms in total. The SMILES string of the molecule is COc1cc(/C=N/NC(=S)Nc2ccc(C)cc2C)ccc1OCC(=O)N1CCOCC1. The molecule has 2 N–H and O–H groups in total. The number of nitrogens with one attached hydrogen (secondary N) is 2. The number of benzene rings is 2. The minimum absolute atomic E-state index is 0.0519. The van der Waals surface area contributed by atoms with Gasteiger partial charge in [0, 0.05) is 18.8 Å². The van der Waals surface area contributed by atoms with Crippen molar-refractivity contribution in [3.05, 3.63) is 53.1 Å². The second kappa shape index (κ2) is 11.4. The van der Waals surface area contributed by atoms with Crippen LogP contribution in [0.5, 0.6) is 11.5 Å². The number of methoxy groups -OCH3 is 1. The molecule has 3 rings (SSSR count). The average Bonchev–Trinajstić information content (AvgIpc) is 2.80. The Morgan fingerprint density at radius 1 is 1.19 bits per heavy atom. The van der Waals surface area contributed by atoms with Gasteiger partial charge in [0.05, 0.1) is 26.5 Å². The topological polar surface area (TPSA) is 84.4 Å². The molecule has 0 radical (unpaired) electrons. The lowest BCUT2D eigenvalue weighted by molar-refractivity contribution is -0.137. The Hall–Kier alpha value is -3.17. The first-order chi connectivity index (χ1) is 15.5. The summed E-state index contributed by atoms with van der Waals surface area (Å²) in [4.78, 5) is 14.0. The molecular weight excluding hydrogens is 428 g/mol. The van der Waals surface area contributed by atoms with Crippen LogP contribution in [0.1, 0.15) is 16.7 Å². The van der Waals surface area contributed by atoms with Gasteiger partial charge in [-0.1, -0.05) is 17.7 Å². The third-order valence-corrected chi connectivity index (χ3v) is 5.11. The molecule has 2 aromatic carbocycles. The number of aryl methyl sites for hydroxylation is 2. The van der Waals surface area contributed by atoms with E-state index in [1.807, 2.05) is 32.0 Å². The second-order valence-corrected chi connectivity index (χ2v) is 7.74. The summed E-state index contributed by atoms with van der Waals surface area (Å²) in [5, 5.41) is 7.70. The molecule has 2 aromatic rings. The molecule has 0 unspecified atom stereocenters. The lowest BCUT2D eigenvalue weighted by atomic mass is 10.1. The maximum atomic E-state index is 12.3. The summed E-state index contributed by atoms with van der Waals surface area (Å²) in [7, 11) is 1.55. The number of carbonyl (C=O) groups is 1. The van der Waals surface area contributed by atoms with Gasteiger partial charge in [0.2, 0.25) is 0 Å². The lowest BCUT2D eigenvalue weighted by Gasteiger charge is -2.26. The van der Waals surface area contributed by atoms with Crippen LogP contribution in [0.3, 0.4) is 0 Å². The summed E-state index contributed by atoms with van der Waals surface area (Å²) in [5.74, 6) is 0.931. The zero-order chi connectivity index (χ0) is 22.9. The Morgan fingerprint density at radius 3 is 2.69 bits per heavy atom. The first-order valence-electron chi connectivity index (χ1n) is 10.3. The molecule has 170 valence electrons. The number of thiocarbonyl (C=S) groups is 1. The molecule has 1 saturated heterocycles. The standard InChI is InChI=1S/C23H28N4O4S/c1-16-4-6-19(17(2)12-16)25-23(32)26-24-14-18-5-7-20(21(13-18)29-3)31-15-22(28)27-8-10-30-11-9-27/h4-7,12-14H,8-11,15H2,1-3H3,(H2,25,26,32)/b24-14+. The molecule has 1 aliphatic rings. The van der Waals surface area contributed by atoms with E-state index in [1.165, 1.54) is 5.56 Å². The highest BCUT2D eigenvalue weighted by Gasteiger charge is 2.18. The van der Waals surface area contributed by atoms with Crippen LogP contribution in [-0.2, 0) is 9.53 Å². The molecule has 0 aliphatic carbocycles. The van der Waals surface area contributed by atoms with Gasteiger partial charge in [-0.15, -0.1) is 0 Å². The number of ether oxygens (including phenoxy) is 3. The van der Waals surface area contributed by atoms with Crippen molar-refractivity contribution in [2.24, 2.45) is 5.10 Å². The third kappa shape index (κ3) is 6.66. The fourth-order valence-corrected chi connectivity index (χ4v) is 3.36. The lowest BCUT2D eigenvalue weighted by Crippen LogP contribution is -2.43. The van der Waals surface area contributed by atoms with E-state index in [4.69, 9.17) is 26.4 Å². The largest absolute Gasteiger partial charge is 0.493 e. The van der Waals surface area contributed by atoms with Crippen LogP contribution in [0, 0.1) is 13.8 Å². The summed E-state index contributed by atoms with van der Waals surface area (Å²) < 4.78 is 16.3. The van der Waals surface area contributed by atoms with Crippen molar-refractivity contribution in [3.8, 4) is 11.5 Å². The van der Waals surface area contributed by atoms with E-state index >= 15 is 0 Å². The van der Waals surface area contributed by atoms with Gasteiger partial charge >= 0.3 is 0 Å². The third-order valence-electron chi connectivity index (χ3n) is 4.91. The van der Waals surface area contributed by atoms with Crippen molar-refractivity contribution in [1.29, 1.82) is 0 Å². The van der Waals surface area contributed by atoms with Gasteiger partial charge in [0.1, 0.15) is 0 Å². The van der Waals surface area contributed by atoms with E-state index < -0.39 is 0 Å². The number of amides is 1. The first kappa shape index (κ1) is 23.5. The fourth-order valence-electron chi connectivity index (χ4n) is 3.20. The van der Waals surface area contributed by atoms with E-state index in [0.29, 0.717) is 42.9 Å². The predicted molar refractivity (Wildman–Crippen MR) is 129 cm³/mol. The van der Waals surface area contributed by atoms with Crippen LogP contribution in [0.4, 0.5) is 5.69 Å². The number of anilines is 1. The molecule has 1 aliphatic heterocycles. The van der Waals surface area contributed by atoms with E-state index in [1.54, 1.807) is 30.4 Å². The zero-order valence-corrected chi connectivity index (χ0v) is 19.3. The molecule has 0 spiro atoms. The Bertz CT molecular complexity index is 990. The molecule has 1 heterocycles. The molecule has 0 bridgehead atoms. The van der Waals surface area contributed by atoms with Gasteiger partial charge in [-0.3, -0.25) is 10.2 Å². The second-order valence-electron chi connectivity index (χ2n) is 7.33. The van der Waals surface area contributed by atoms with Crippen LogP contribution >= 0.6 is 12.2 Å². The molecule has 0 atom stereocenters. The summed E-state index contributed by atoms with van der Waals surface area (Å²) in [5.41, 5.74) is 6.82. The predicted octanol–water partition coefficient (Wildman–Crippen LogP) is 2.87. The van der Waals surface area contributed by atoms with Crippen LogP contribution < -0.4 is 20.2 Å². The molecular formula is C23H28N4O4S. The van der Waals surface area contributed by atoms with Gasteiger partial charge in [-0.05, 0) is 61.5 Å². The number of hydrogen-bond acceptors (Lipinski definition) is 6. The van der Waals surface area contributed by atoms with E-state index in [-0.39, 0.29) is 12.5 Å². The number of nitrogens with zero attached hydrogens (tertiary/aromatic N) is 2. The van der Waals surface area contributed by atoms with Crippen molar-refractivity contribution >= 4 is 35.1 Å². The highest BCUT2D eigenvalue weighted by Crippen LogP contribution is 2.27. The van der Waals surface area contributed by atoms with Crippen LogP contribution in [0.2, 0.25) is 0 Å². The average molecular weight is 457 g/mol. The highest BCUT2D eigenvalue weighted by atomic mass is 32.1. The van der Waals surface area contributed by atoms with Crippen molar-refractivity contribution in [2.45, 2.75) is 13.8 Å². The highest BCUT2D eigenvalue weighted by molar-refractivity contribution is 7.80. The van der Waals surface area contributed by atoms with Crippen molar-refractivity contribution in [2.75, 3.05) is 45.3 Å². The Labute approximate surface area is 193 Å². The molecule has 9 heteroatoms. The maximum absolute atomic E-state index is 12.3. The van der Waals surface area contributed by atoms with E-state index in [0.717, 1.165) is 16.8 Å². The normalized spacial score (nSPS) is 13.7. The van der Waals surface area contributed by atoms with Gasteiger partial charge < -0.3 is 24.4 Å². The van der Waals surface area contributed by atoms with Gasteiger partial charge in [-0.2, -0.15) is 5.10 Å². The van der Waals surface area contributed by atoms with E-state index in [2.05, 4.69) is 21.9 Å². The Kier molecular flexibility index (Phi) is 8.41. The molecule has 32 heavy (non-hydrogen) atoms. The number of morpholine rings is 1. The maximum Gasteiger partial charge on any atom is 0.260 e.